The molecule has 0 bridgehead atoms. The molecule has 2 amide bonds. The van der Waals surface area contributed by atoms with Crippen molar-refractivity contribution in [3.8, 4) is 5.75 Å². The summed E-state index contributed by atoms with van der Waals surface area (Å²) in [5, 5.41) is 2.88. The molecule has 0 radical (unpaired) electrons. The number of rotatable bonds is 9. The minimum atomic E-state index is -0.602. The molecule has 0 heterocycles. The number of halogens is 1. The van der Waals surface area contributed by atoms with Crippen LogP contribution in [0.4, 0.5) is 0 Å². The molecule has 1 unspecified atom stereocenters. The second kappa shape index (κ2) is 11.3. The van der Waals surface area contributed by atoms with Crippen LogP contribution in [0, 0.1) is 0 Å². The van der Waals surface area contributed by atoms with Gasteiger partial charge in [0.25, 0.3) is 5.91 Å². The number of hydrogen-bond donors (Lipinski definition) is 1. The normalized spacial score (nSPS) is 12.2. The molecule has 0 saturated heterocycles. The molecule has 0 aliphatic carbocycles. The maximum absolute atomic E-state index is 13.1. The number of benzene rings is 2. The molecule has 0 aliphatic rings. The Morgan fingerprint density at radius 1 is 1.13 bits per heavy atom. The van der Waals surface area contributed by atoms with Crippen LogP contribution in [0.15, 0.2) is 53.0 Å². The summed E-state index contributed by atoms with van der Waals surface area (Å²) in [6, 6.07) is 14.9. The molecular formula is C25H33BrN2O3. The van der Waals surface area contributed by atoms with E-state index in [1.54, 1.807) is 11.8 Å². The van der Waals surface area contributed by atoms with E-state index in [9.17, 15) is 9.59 Å². The second-order valence-corrected chi connectivity index (χ2v) is 9.51. The maximum Gasteiger partial charge on any atom is 0.261 e. The smallest absolute Gasteiger partial charge is 0.261 e. The van der Waals surface area contributed by atoms with E-state index in [-0.39, 0.29) is 23.8 Å². The average Bonchev–Trinajstić information content (AvgIpc) is 2.74. The highest BCUT2D eigenvalue weighted by Gasteiger charge is 2.26. The molecule has 1 atom stereocenters. The molecule has 1 N–H and O–H groups in total. The fraction of sp³-hybridized carbons (Fsp3) is 0.440. The third-order valence-electron chi connectivity index (χ3n) is 5.06. The fourth-order valence-electron chi connectivity index (χ4n) is 3.07. The zero-order chi connectivity index (χ0) is 23.0. The quantitative estimate of drug-likeness (QED) is 0.535. The summed E-state index contributed by atoms with van der Waals surface area (Å²) in [5.74, 6) is 0.195. The van der Waals surface area contributed by atoms with Crippen molar-refractivity contribution in [1.29, 1.82) is 0 Å². The van der Waals surface area contributed by atoms with Gasteiger partial charge >= 0.3 is 0 Å². The van der Waals surface area contributed by atoms with Gasteiger partial charge < -0.3 is 15.0 Å². The molecule has 0 aromatic heterocycles. The van der Waals surface area contributed by atoms with E-state index in [1.165, 1.54) is 5.56 Å². The van der Waals surface area contributed by atoms with Crippen LogP contribution in [0.25, 0.3) is 0 Å². The van der Waals surface area contributed by atoms with Crippen LogP contribution in [0.2, 0.25) is 0 Å². The third kappa shape index (κ3) is 7.39. The molecule has 168 valence electrons. The highest BCUT2D eigenvalue weighted by Crippen LogP contribution is 2.31. The van der Waals surface area contributed by atoms with Gasteiger partial charge in [-0.25, -0.2) is 0 Å². The molecular weight excluding hydrogens is 456 g/mol. The number of ether oxygens (including phenoxy) is 1. The first-order chi connectivity index (χ1) is 14.6. The Balaban J connectivity index is 2.14. The number of hydrogen-bond acceptors (Lipinski definition) is 3. The number of carbonyl (C=O) groups is 2. The van der Waals surface area contributed by atoms with Crippen molar-refractivity contribution in [2.75, 3.05) is 13.2 Å². The van der Waals surface area contributed by atoms with Crippen molar-refractivity contribution in [3.63, 3.8) is 0 Å². The van der Waals surface area contributed by atoms with Gasteiger partial charge in [-0.2, -0.15) is 0 Å². The molecule has 0 saturated carbocycles. The molecule has 0 fully saturated rings. The van der Waals surface area contributed by atoms with Gasteiger partial charge in [0.2, 0.25) is 5.91 Å². The zero-order valence-electron chi connectivity index (χ0n) is 19.1. The van der Waals surface area contributed by atoms with Crippen LogP contribution < -0.4 is 10.1 Å². The summed E-state index contributed by atoms with van der Waals surface area (Å²) in [6.07, 6.45) is 0.840. The topological polar surface area (TPSA) is 58.6 Å². The Morgan fingerprint density at radius 2 is 1.81 bits per heavy atom. The van der Waals surface area contributed by atoms with Gasteiger partial charge in [0.05, 0.1) is 4.47 Å². The summed E-state index contributed by atoms with van der Waals surface area (Å²) < 4.78 is 6.63. The predicted octanol–water partition coefficient (Wildman–Crippen LogP) is 5.07. The molecule has 5 nitrogen and oxygen atoms in total. The Bertz CT molecular complexity index is 878. The van der Waals surface area contributed by atoms with E-state index >= 15 is 0 Å². The number of amides is 2. The van der Waals surface area contributed by atoms with Crippen molar-refractivity contribution in [1.82, 2.24) is 10.2 Å². The lowest BCUT2D eigenvalue weighted by Gasteiger charge is -2.29. The van der Waals surface area contributed by atoms with E-state index in [0.717, 1.165) is 16.5 Å². The summed E-state index contributed by atoms with van der Waals surface area (Å²) in [7, 11) is 0. The van der Waals surface area contributed by atoms with Gasteiger partial charge in [0.15, 0.2) is 6.61 Å². The largest absolute Gasteiger partial charge is 0.483 e. The van der Waals surface area contributed by atoms with E-state index < -0.39 is 6.04 Å². The van der Waals surface area contributed by atoms with Crippen LogP contribution in [-0.4, -0.2) is 35.9 Å². The Labute approximate surface area is 194 Å². The molecule has 31 heavy (non-hydrogen) atoms. The van der Waals surface area contributed by atoms with E-state index in [1.807, 2.05) is 55.5 Å². The van der Waals surface area contributed by atoms with Crippen LogP contribution in [0.5, 0.6) is 5.75 Å². The zero-order valence-corrected chi connectivity index (χ0v) is 20.7. The van der Waals surface area contributed by atoms with Crippen molar-refractivity contribution in [2.24, 2.45) is 0 Å². The van der Waals surface area contributed by atoms with Crippen molar-refractivity contribution in [2.45, 2.75) is 59.0 Å². The molecule has 0 aliphatic heterocycles. The van der Waals surface area contributed by atoms with E-state index in [0.29, 0.717) is 18.8 Å². The highest BCUT2D eigenvalue weighted by molar-refractivity contribution is 9.10. The Kier molecular flexibility index (Phi) is 9.11. The minimum absolute atomic E-state index is 0.0185. The van der Waals surface area contributed by atoms with Gasteiger partial charge in [-0.1, -0.05) is 64.1 Å². The van der Waals surface area contributed by atoms with E-state index in [2.05, 4.69) is 42.0 Å². The highest BCUT2D eigenvalue weighted by atomic mass is 79.9. The lowest BCUT2D eigenvalue weighted by atomic mass is 9.87. The molecule has 2 aromatic carbocycles. The van der Waals surface area contributed by atoms with Crippen molar-refractivity contribution >= 4 is 27.7 Å². The first kappa shape index (κ1) is 24.9. The van der Waals surface area contributed by atoms with Crippen molar-refractivity contribution < 1.29 is 14.3 Å². The molecule has 2 rings (SSSR count). The lowest BCUT2D eigenvalue weighted by Crippen LogP contribution is -2.49. The van der Waals surface area contributed by atoms with Gasteiger partial charge in [-0.15, -0.1) is 0 Å². The fourth-order valence-corrected chi connectivity index (χ4v) is 3.56. The van der Waals surface area contributed by atoms with Crippen molar-refractivity contribution in [3.05, 3.63) is 64.1 Å². The minimum Gasteiger partial charge on any atom is -0.483 e. The lowest BCUT2D eigenvalue weighted by molar-refractivity contribution is -0.142. The third-order valence-corrected chi connectivity index (χ3v) is 5.68. The second-order valence-electron chi connectivity index (χ2n) is 8.66. The van der Waals surface area contributed by atoms with Gasteiger partial charge in [0.1, 0.15) is 11.8 Å². The van der Waals surface area contributed by atoms with E-state index in [4.69, 9.17) is 4.74 Å². The monoisotopic (exact) mass is 488 g/mol. The first-order valence-electron chi connectivity index (χ1n) is 10.7. The van der Waals surface area contributed by atoms with Crippen LogP contribution in [0.3, 0.4) is 0 Å². The first-order valence-corrected chi connectivity index (χ1v) is 11.5. The maximum atomic E-state index is 13.1. The van der Waals surface area contributed by atoms with Crippen LogP contribution in [-0.2, 0) is 21.5 Å². The summed E-state index contributed by atoms with van der Waals surface area (Å²) in [5.41, 5.74) is 2.15. The SMILES string of the molecule is CCCNC(=O)C(C)N(Cc1ccccc1)C(=O)COc1ccc(C(C)(C)C)cc1Br. The summed E-state index contributed by atoms with van der Waals surface area (Å²) in [4.78, 5) is 27.2. The predicted molar refractivity (Wildman–Crippen MR) is 128 cm³/mol. The Hall–Kier alpha value is -2.34. The molecule has 0 spiro atoms. The summed E-state index contributed by atoms with van der Waals surface area (Å²) in [6.45, 7) is 11.0. The summed E-state index contributed by atoms with van der Waals surface area (Å²) >= 11 is 3.55. The number of nitrogens with zero attached hydrogens (tertiary/aromatic N) is 1. The molecule has 6 heteroatoms. The van der Waals surface area contributed by atoms with Gasteiger partial charge in [0, 0.05) is 13.1 Å². The van der Waals surface area contributed by atoms with Crippen LogP contribution in [0.1, 0.15) is 52.2 Å². The number of carbonyl (C=O) groups excluding carboxylic acids is 2. The molecule has 2 aromatic rings. The standard InChI is InChI=1S/C25H33BrN2O3/c1-6-14-27-24(30)18(2)28(16-19-10-8-7-9-11-19)23(29)17-31-22-13-12-20(15-21(22)26)25(3,4)5/h7-13,15,18H,6,14,16-17H2,1-5H3,(H,27,30). The van der Waals surface area contributed by atoms with Gasteiger partial charge in [-0.05, 0) is 57.9 Å². The Morgan fingerprint density at radius 3 is 2.39 bits per heavy atom. The average molecular weight is 489 g/mol. The van der Waals surface area contributed by atoms with Crippen LogP contribution >= 0.6 is 15.9 Å². The number of nitrogens with one attached hydrogen (secondary N) is 1. The van der Waals surface area contributed by atoms with Gasteiger partial charge in [-0.3, -0.25) is 9.59 Å².